The van der Waals surface area contributed by atoms with Crippen LogP contribution in [-0.4, -0.2) is 114 Å². The highest BCUT2D eigenvalue weighted by atomic mass is 16.6. The zero-order valence-electron chi connectivity index (χ0n) is 16.0. The predicted octanol–water partition coefficient (Wildman–Crippen LogP) is -0.182. The summed E-state index contributed by atoms with van der Waals surface area (Å²) in [6.45, 7) is 12.3. The van der Waals surface area contributed by atoms with Crippen molar-refractivity contribution < 1.29 is 19.4 Å². The van der Waals surface area contributed by atoms with Crippen LogP contribution in [0.5, 0.6) is 0 Å². The summed E-state index contributed by atoms with van der Waals surface area (Å²) in [4.78, 5) is 32.5. The van der Waals surface area contributed by atoms with Crippen LogP contribution in [0.1, 0.15) is 26.7 Å². The third-order valence-electron chi connectivity index (χ3n) is 5.98. The molecule has 1 spiro atoms. The van der Waals surface area contributed by atoms with Crippen molar-refractivity contribution in [1.29, 1.82) is 0 Å². The molecule has 148 valence electrons. The van der Waals surface area contributed by atoms with E-state index in [1.54, 1.807) is 4.90 Å². The number of piperidine rings is 1. The Hall–Kier alpha value is -1.38. The summed E-state index contributed by atoms with van der Waals surface area (Å²) in [6.07, 6.45) is 0.0820. The number of aliphatic hydroxyl groups is 1. The molecule has 3 fully saturated rings. The average Bonchev–Trinajstić information content (AvgIpc) is 2.95. The molecule has 0 bridgehead atoms. The molecule has 26 heavy (non-hydrogen) atoms. The maximum atomic E-state index is 12.3. The zero-order valence-corrected chi connectivity index (χ0v) is 16.0. The highest BCUT2D eigenvalue weighted by Crippen LogP contribution is 2.33. The summed E-state index contributed by atoms with van der Waals surface area (Å²) in [5.74, 6) is -0.243. The zero-order chi connectivity index (χ0) is 18.7. The summed E-state index contributed by atoms with van der Waals surface area (Å²) in [7, 11) is 0. The standard InChI is InChI=1S/C18H32N4O4/c1-3-19-8-10-20(11-9-19)12-13-22-14-18(26-17(22)25)4-6-21(7-5-18)16(24)15(2)23/h15,23H,3-14H2,1-2H3. The molecular weight excluding hydrogens is 336 g/mol. The van der Waals surface area contributed by atoms with E-state index in [1.807, 2.05) is 4.90 Å². The van der Waals surface area contributed by atoms with E-state index in [-0.39, 0.29) is 12.0 Å². The topological polar surface area (TPSA) is 76.6 Å². The molecule has 3 aliphatic rings. The van der Waals surface area contributed by atoms with Crippen molar-refractivity contribution in [2.75, 3.05) is 65.4 Å². The molecule has 0 aromatic carbocycles. The fourth-order valence-electron chi connectivity index (χ4n) is 4.12. The van der Waals surface area contributed by atoms with E-state index < -0.39 is 11.7 Å². The minimum absolute atomic E-state index is 0.229. The number of amides is 2. The second kappa shape index (κ2) is 8.10. The number of aliphatic hydroxyl groups excluding tert-OH is 1. The molecule has 3 heterocycles. The molecule has 3 aliphatic heterocycles. The number of carbonyl (C=O) groups excluding carboxylic acids is 2. The van der Waals surface area contributed by atoms with Crippen LogP contribution in [0.15, 0.2) is 0 Å². The molecule has 1 N–H and O–H groups in total. The van der Waals surface area contributed by atoms with Gasteiger partial charge in [-0.15, -0.1) is 0 Å². The van der Waals surface area contributed by atoms with Crippen molar-refractivity contribution in [1.82, 2.24) is 19.6 Å². The van der Waals surface area contributed by atoms with Crippen LogP contribution in [0.2, 0.25) is 0 Å². The highest BCUT2D eigenvalue weighted by Gasteiger charge is 2.47. The molecule has 1 unspecified atom stereocenters. The van der Waals surface area contributed by atoms with Crippen molar-refractivity contribution in [3.05, 3.63) is 0 Å². The van der Waals surface area contributed by atoms with E-state index >= 15 is 0 Å². The average molecular weight is 368 g/mol. The first-order valence-corrected chi connectivity index (χ1v) is 9.82. The third kappa shape index (κ3) is 4.29. The number of piperazine rings is 1. The van der Waals surface area contributed by atoms with Gasteiger partial charge in [-0.05, 0) is 13.5 Å². The van der Waals surface area contributed by atoms with Gasteiger partial charge >= 0.3 is 6.09 Å². The normalized spacial score (nSPS) is 25.6. The number of hydrogen-bond acceptors (Lipinski definition) is 6. The van der Waals surface area contributed by atoms with Gasteiger partial charge in [-0.25, -0.2) is 4.79 Å². The van der Waals surface area contributed by atoms with E-state index in [9.17, 15) is 14.7 Å². The van der Waals surface area contributed by atoms with Crippen molar-refractivity contribution in [2.45, 2.75) is 38.4 Å². The lowest BCUT2D eigenvalue weighted by Crippen LogP contribution is -2.51. The maximum absolute atomic E-state index is 12.3. The molecule has 3 rings (SSSR count). The lowest BCUT2D eigenvalue weighted by Gasteiger charge is -2.38. The summed E-state index contributed by atoms with van der Waals surface area (Å²) in [5.41, 5.74) is -0.465. The number of likely N-dealkylation sites (tertiary alicyclic amines) is 1. The lowest BCUT2D eigenvalue weighted by molar-refractivity contribution is -0.142. The van der Waals surface area contributed by atoms with Gasteiger partial charge in [-0.1, -0.05) is 6.92 Å². The lowest BCUT2D eigenvalue weighted by atomic mass is 9.91. The Morgan fingerprint density at radius 3 is 2.31 bits per heavy atom. The van der Waals surface area contributed by atoms with E-state index in [0.717, 1.165) is 39.3 Å². The minimum atomic E-state index is -0.972. The van der Waals surface area contributed by atoms with Gasteiger partial charge < -0.3 is 24.5 Å². The van der Waals surface area contributed by atoms with Gasteiger partial charge in [0.05, 0.1) is 6.54 Å². The monoisotopic (exact) mass is 368 g/mol. The van der Waals surface area contributed by atoms with Gasteiger partial charge in [0, 0.05) is 65.2 Å². The quantitative estimate of drug-likeness (QED) is 0.725. The number of ether oxygens (including phenoxy) is 1. The molecule has 8 heteroatoms. The van der Waals surface area contributed by atoms with Gasteiger partial charge in [0.2, 0.25) is 0 Å². The first-order chi connectivity index (χ1) is 12.4. The second-order valence-corrected chi connectivity index (χ2v) is 7.75. The minimum Gasteiger partial charge on any atom is -0.441 e. The summed E-state index contributed by atoms with van der Waals surface area (Å²) >= 11 is 0. The van der Waals surface area contributed by atoms with Crippen LogP contribution in [0.25, 0.3) is 0 Å². The van der Waals surface area contributed by atoms with Crippen LogP contribution in [0.4, 0.5) is 4.79 Å². The second-order valence-electron chi connectivity index (χ2n) is 7.75. The van der Waals surface area contributed by atoms with E-state index in [4.69, 9.17) is 4.74 Å². The fourth-order valence-corrected chi connectivity index (χ4v) is 4.12. The van der Waals surface area contributed by atoms with Gasteiger partial charge in [0.15, 0.2) is 0 Å². The van der Waals surface area contributed by atoms with Crippen LogP contribution in [0, 0.1) is 0 Å². The molecule has 0 radical (unpaired) electrons. The van der Waals surface area contributed by atoms with Gasteiger partial charge in [0.25, 0.3) is 5.91 Å². The molecule has 3 saturated heterocycles. The Kier molecular flexibility index (Phi) is 6.04. The van der Waals surface area contributed by atoms with Gasteiger partial charge in [-0.3, -0.25) is 9.69 Å². The Morgan fingerprint density at radius 2 is 1.73 bits per heavy atom. The number of likely N-dealkylation sites (N-methyl/N-ethyl adjacent to an activating group) is 1. The van der Waals surface area contributed by atoms with E-state index in [0.29, 0.717) is 39.0 Å². The van der Waals surface area contributed by atoms with Crippen LogP contribution < -0.4 is 0 Å². The summed E-state index contributed by atoms with van der Waals surface area (Å²) in [6, 6.07) is 0. The number of nitrogens with zero attached hydrogens (tertiary/aromatic N) is 4. The summed E-state index contributed by atoms with van der Waals surface area (Å²) in [5, 5.41) is 9.45. The van der Waals surface area contributed by atoms with Crippen molar-refractivity contribution in [3.8, 4) is 0 Å². The van der Waals surface area contributed by atoms with E-state index in [2.05, 4.69) is 16.7 Å². The fraction of sp³-hybridized carbons (Fsp3) is 0.889. The van der Waals surface area contributed by atoms with Crippen molar-refractivity contribution in [3.63, 3.8) is 0 Å². The molecule has 0 aromatic rings. The Bertz CT molecular complexity index is 511. The predicted molar refractivity (Wildman–Crippen MR) is 96.8 cm³/mol. The Morgan fingerprint density at radius 1 is 1.12 bits per heavy atom. The largest absolute Gasteiger partial charge is 0.441 e. The SMILES string of the molecule is CCN1CCN(CCN2CC3(CCN(C(=O)C(C)O)CC3)OC2=O)CC1. The molecule has 2 amide bonds. The first-order valence-electron chi connectivity index (χ1n) is 9.82. The first kappa shape index (κ1) is 19.4. The third-order valence-corrected chi connectivity index (χ3v) is 5.98. The number of rotatable bonds is 5. The smallest absolute Gasteiger partial charge is 0.410 e. The molecule has 0 saturated carbocycles. The van der Waals surface area contributed by atoms with Crippen LogP contribution >= 0.6 is 0 Å². The van der Waals surface area contributed by atoms with Gasteiger partial charge in [-0.2, -0.15) is 0 Å². The van der Waals surface area contributed by atoms with Crippen molar-refractivity contribution in [2.24, 2.45) is 0 Å². The molecule has 8 nitrogen and oxygen atoms in total. The molecule has 0 aromatic heterocycles. The number of carbonyl (C=O) groups is 2. The molecule has 1 atom stereocenters. The molecule has 0 aliphatic carbocycles. The Labute approximate surface area is 155 Å². The highest BCUT2D eigenvalue weighted by molar-refractivity contribution is 5.80. The summed E-state index contributed by atoms with van der Waals surface area (Å²) < 4.78 is 5.73. The number of hydrogen-bond donors (Lipinski definition) is 1. The van der Waals surface area contributed by atoms with Gasteiger partial charge in [0.1, 0.15) is 11.7 Å². The van der Waals surface area contributed by atoms with E-state index in [1.165, 1.54) is 6.92 Å². The van der Waals surface area contributed by atoms with Crippen LogP contribution in [0.3, 0.4) is 0 Å². The van der Waals surface area contributed by atoms with Crippen LogP contribution in [-0.2, 0) is 9.53 Å². The molecular formula is C18H32N4O4. The van der Waals surface area contributed by atoms with Crippen molar-refractivity contribution >= 4 is 12.0 Å². The maximum Gasteiger partial charge on any atom is 0.410 e. The Balaban J connectivity index is 1.45.